The van der Waals surface area contributed by atoms with Gasteiger partial charge in [-0.15, -0.1) is 0 Å². The van der Waals surface area contributed by atoms with Crippen LogP contribution in [0.15, 0.2) is 60.8 Å². The summed E-state index contributed by atoms with van der Waals surface area (Å²) in [6, 6.07) is 0. The molecule has 0 spiro atoms. The van der Waals surface area contributed by atoms with E-state index >= 15 is 0 Å². The topological polar surface area (TPSA) is 17.1 Å². The fourth-order valence-electron chi connectivity index (χ4n) is 2.23. The Morgan fingerprint density at radius 1 is 0.783 bits per heavy atom. The highest BCUT2D eigenvalue weighted by Crippen LogP contribution is 2.12. The van der Waals surface area contributed by atoms with Crippen molar-refractivity contribution in [1.82, 2.24) is 0 Å². The van der Waals surface area contributed by atoms with Crippen molar-refractivity contribution in [3.8, 4) is 0 Å². The van der Waals surface area contributed by atoms with Gasteiger partial charge in [-0.1, -0.05) is 67.7 Å². The molecule has 0 rings (SSSR count). The number of carbonyl (C=O) groups is 1. The van der Waals surface area contributed by atoms with E-state index in [0.717, 1.165) is 44.9 Å². The molecule has 0 amide bonds. The van der Waals surface area contributed by atoms with Crippen LogP contribution in [-0.4, -0.2) is 5.78 Å². The lowest BCUT2D eigenvalue weighted by Crippen LogP contribution is -2.08. The quantitative estimate of drug-likeness (QED) is 0.344. The molecule has 0 saturated carbocycles. The summed E-state index contributed by atoms with van der Waals surface area (Å²) in [4.78, 5) is 11.3. The molecule has 0 aromatic rings. The van der Waals surface area contributed by atoms with Crippen molar-refractivity contribution in [3.05, 3.63) is 60.8 Å². The van der Waals surface area contributed by atoms with Crippen LogP contribution in [0.25, 0.3) is 0 Å². The Morgan fingerprint density at radius 2 is 1.22 bits per heavy atom. The maximum Gasteiger partial charge on any atom is 0.132 e. The van der Waals surface area contributed by atoms with Gasteiger partial charge in [0.15, 0.2) is 0 Å². The van der Waals surface area contributed by atoms with Crippen LogP contribution in [0, 0.1) is 5.92 Å². The van der Waals surface area contributed by atoms with E-state index in [2.05, 4.69) is 67.7 Å². The first-order valence-electron chi connectivity index (χ1n) is 8.93. The van der Waals surface area contributed by atoms with Gasteiger partial charge in [0.2, 0.25) is 0 Å². The lowest BCUT2D eigenvalue weighted by atomic mass is 9.96. The van der Waals surface area contributed by atoms with Gasteiger partial charge in [0.1, 0.15) is 5.78 Å². The maximum atomic E-state index is 11.3. The number of hydrogen-bond acceptors (Lipinski definition) is 1. The Morgan fingerprint density at radius 3 is 1.61 bits per heavy atom. The standard InChI is InChI=1S/C22H34O/c1-4-6-7-8-9-10-11-12-13-14-15-16-17-18-19-20-22(5-2)21(3)23/h4,6,8-9,11-12,14-15,17-18,22H,5,7,10,13,16,19-20H2,1-3H3/b6-4-,9-8-,12-11-,15-14-,18-17-. The number of rotatable bonds is 13. The van der Waals surface area contributed by atoms with Gasteiger partial charge in [0, 0.05) is 5.92 Å². The van der Waals surface area contributed by atoms with Crippen LogP contribution in [0.1, 0.15) is 65.7 Å². The van der Waals surface area contributed by atoms with E-state index in [4.69, 9.17) is 0 Å². The molecule has 0 N–H and O–H groups in total. The monoisotopic (exact) mass is 314 g/mol. The van der Waals surface area contributed by atoms with E-state index in [1.54, 1.807) is 6.92 Å². The lowest BCUT2D eigenvalue weighted by Gasteiger charge is -2.08. The zero-order valence-corrected chi connectivity index (χ0v) is 15.2. The first-order chi connectivity index (χ1) is 11.2. The maximum absolute atomic E-state index is 11.3. The third-order valence-electron chi connectivity index (χ3n) is 3.74. The lowest BCUT2D eigenvalue weighted by molar-refractivity contribution is -0.120. The van der Waals surface area contributed by atoms with Gasteiger partial charge in [0.05, 0.1) is 0 Å². The van der Waals surface area contributed by atoms with Crippen LogP contribution in [-0.2, 0) is 4.79 Å². The number of carbonyl (C=O) groups excluding carboxylic acids is 1. The van der Waals surface area contributed by atoms with E-state index in [1.165, 1.54) is 0 Å². The Labute approximate surface area is 143 Å². The fourth-order valence-corrected chi connectivity index (χ4v) is 2.23. The fraction of sp³-hybridized carbons (Fsp3) is 0.500. The van der Waals surface area contributed by atoms with Crippen LogP contribution < -0.4 is 0 Å². The minimum absolute atomic E-state index is 0.243. The molecular weight excluding hydrogens is 280 g/mol. The molecule has 0 bridgehead atoms. The highest BCUT2D eigenvalue weighted by molar-refractivity contribution is 5.78. The molecule has 0 fully saturated rings. The average Bonchev–Trinajstić information content (AvgIpc) is 2.54. The van der Waals surface area contributed by atoms with E-state index < -0.39 is 0 Å². The van der Waals surface area contributed by atoms with E-state index in [1.807, 2.05) is 6.92 Å². The van der Waals surface area contributed by atoms with Crippen LogP contribution in [0.4, 0.5) is 0 Å². The Bertz CT molecular complexity index is 421. The molecule has 1 nitrogen and oxygen atoms in total. The van der Waals surface area contributed by atoms with Crippen molar-refractivity contribution < 1.29 is 4.79 Å². The number of Topliss-reactive ketones (excluding diaryl/α,β-unsaturated/α-hetero) is 1. The van der Waals surface area contributed by atoms with Gasteiger partial charge in [0.25, 0.3) is 0 Å². The van der Waals surface area contributed by atoms with Gasteiger partial charge in [-0.05, 0) is 58.8 Å². The summed E-state index contributed by atoms with van der Waals surface area (Å²) in [6.07, 6.45) is 28.8. The zero-order valence-electron chi connectivity index (χ0n) is 15.2. The smallest absolute Gasteiger partial charge is 0.132 e. The first-order valence-corrected chi connectivity index (χ1v) is 8.93. The molecule has 23 heavy (non-hydrogen) atoms. The summed E-state index contributed by atoms with van der Waals surface area (Å²) in [7, 11) is 0. The number of allylic oxidation sites excluding steroid dienone is 10. The molecule has 0 aliphatic carbocycles. The van der Waals surface area contributed by atoms with E-state index in [-0.39, 0.29) is 5.92 Å². The summed E-state index contributed by atoms with van der Waals surface area (Å²) in [5.41, 5.74) is 0. The molecule has 1 atom stereocenters. The number of hydrogen-bond donors (Lipinski definition) is 0. The van der Waals surface area contributed by atoms with Crippen molar-refractivity contribution in [2.45, 2.75) is 65.7 Å². The van der Waals surface area contributed by atoms with E-state index in [0.29, 0.717) is 5.78 Å². The van der Waals surface area contributed by atoms with Gasteiger partial charge in [-0.2, -0.15) is 0 Å². The van der Waals surface area contributed by atoms with Crippen LogP contribution in [0.5, 0.6) is 0 Å². The molecule has 0 aliphatic heterocycles. The summed E-state index contributed by atoms with van der Waals surface area (Å²) in [5, 5.41) is 0. The van der Waals surface area contributed by atoms with Gasteiger partial charge in [-0.25, -0.2) is 0 Å². The van der Waals surface area contributed by atoms with Crippen molar-refractivity contribution >= 4 is 5.78 Å². The van der Waals surface area contributed by atoms with Gasteiger partial charge >= 0.3 is 0 Å². The summed E-state index contributed by atoms with van der Waals surface area (Å²) in [5.74, 6) is 0.566. The summed E-state index contributed by atoms with van der Waals surface area (Å²) >= 11 is 0. The number of ketones is 1. The molecule has 0 radical (unpaired) electrons. The molecular formula is C22H34O. The molecule has 0 heterocycles. The summed E-state index contributed by atoms with van der Waals surface area (Å²) in [6.45, 7) is 5.83. The summed E-state index contributed by atoms with van der Waals surface area (Å²) < 4.78 is 0. The molecule has 0 aromatic carbocycles. The van der Waals surface area contributed by atoms with Crippen molar-refractivity contribution in [1.29, 1.82) is 0 Å². The molecule has 0 aliphatic rings. The molecule has 0 aromatic heterocycles. The second-order valence-corrected chi connectivity index (χ2v) is 5.69. The molecule has 1 unspecified atom stereocenters. The highest BCUT2D eigenvalue weighted by atomic mass is 16.1. The Hall–Kier alpha value is -1.63. The van der Waals surface area contributed by atoms with Crippen LogP contribution in [0.2, 0.25) is 0 Å². The molecule has 0 saturated heterocycles. The predicted molar refractivity (Wildman–Crippen MR) is 104 cm³/mol. The van der Waals surface area contributed by atoms with Crippen molar-refractivity contribution in [2.75, 3.05) is 0 Å². The van der Waals surface area contributed by atoms with Crippen molar-refractivity contribution in [3.63, 3.8) is 0 Å². The average molecular weight is 315 g/mol. The minimum Gasteiger partial charge on any atom is -0.300 e. The Balaban J connectivity index is 3.61. The second-order valence-electron chi connectivity index (χ2n) is 5.69. The minimum atomic E-state index is 0.243. The van der Waals surface area contributed by atoms with Gasteiger partial charge in [-0.3, -0.25) is 4.79 Å². The first kappa shape index (κ1) is 21.4. The highest BCUT2D eigenvalue weighted by Gasteiger charge is 2.09. The SMILES string of the molecule is C/C=C\C/C=C\C/C=C\C/C=C\C/C=C\CCC(CC)C(C)=O. The largest absolute Gasteiger partial charge is 0.300 e. The zero-order chi connectivity index (χ0) is 17.2. The molecule has 1 heteroatoms. The Kier molecular flexibility index (Phi) is 15.5. The van der Waals surface area contributed by atoms with E-state index in [9.17, 15) is 4.79 Å². The van der Waals surface area contributed by atoms with Gasteiger partial charge < -0.3 is 0 Å². The predicted octanol–water partition coefficient (Wildman–Crippen LogP) is 6.74. The normalized spacial score (nSPS) is 14.2. The third kappa shape index (κ3) is 15.1. The molecule has 128 valence electrons. The van der Waals surface area contributed by atoms with Crippen molar-refractivity contribution in [2.24, 2.45) is 5.92 Å². The third-order valence-corrected chi connectivity index (χ3v) is 3.74. The second kappa shape index (κ2) is 16.7. The van der Waals surface area contributed by atoms with Crippen LogP contribution >= 0.6 is 0 Å². The van der Waals surface area contributed by atoms with Crippen LogP contribution in [0.3, 0.4) is 0 Å².